The molecule has 1 fully saturated rings. The van der Waals surface area contributed by atoms with Gasteiger partial charge in [-0.15, -0.1) is 0 Å². The second-order valence-corrected chi connectivity index (χ2v) is 7.61. The standard InChI is InChI=1S/C18H20IN5/c19-15-10-24(18-16(15)17(20)22-11-23-18)14-6-13(7-14)9-21-8-12-4-2-1-3-5-12/h1-5,10-11,13-14,21H,6-9H2,(H2,20,22,23). The molecule has 0 bridgehead atoms. The summed E-state index contributed by atoms with van der Waals surface area (Å²) >= 11 is 2.32. The molecule has 2 heterocycles. The van der Waals surface area contributed by atoms with Gasteiger partial charge in [-0.3, -0.25) is 0 Å². The Kier molecular flexibility index (Phi) is 4.41. The first-order valence-electron chi connectivity index (χ1n) is 8.23. The van der Waals surface area contributed by atoms with Crippen molar-refractivity contribution < 1.29 is 0 Å². The molecule has 0 unspecified atom stereocenters. The lowest BCUT2D eigenvalue weighted by Gasteiger charge is -2.36. The van der Waals surface area contributed by atoms with E-state index in [-0.39, 0.29) is 0 Å². The van der Waals surface area contributed by atoms with Gasteiger partial charge in [-0.05, 0) is 53.5 Å². The Morgan fingerprint density at radius 2 is 2.00 bits per heavy atom. The third-order valence-corrected chi connectivity index (χ3v) is 5.62. The molecule has 0 atom stereocenters. The fraction of sp³-hybridized carbons (Fsp3) is 0.333. The number of hydrogen-bond donors (Lipinski definition) is 2. The van der Waals surface area contributed by atoms with Gasteiger partial charge in [-0.2, -0.15) is 0 Å². The number of anilines is 1. The molecule has 6 heteroatoms. The summed E-state index contributed by atoms with van der Waals surface area (Å²) in [7, 11) is 0. The van der Waals surface area contributed by atoms with Gasteiger partial charge in [0.05, 0.1) is 5.39 Å². The molecule has 124 valence electrons. The normalized spacial score (nSPS) is 20.2. The maximum atomic E-state index is 6.00. The van der Waals surface area contributed by atoms with Crippen molar-refractivity contribution in [1.82, 2.24) is 19.9 Å². The van der Waals surface area contributed by atoms with Crippen molar-refractivity contribution in [3.63, 3.8) is 0 Å². The van der Waals surface area contributed by atoms with Crippen molar-refractivity contribution in [2.24, 2.45) is 5.92 Å². The fourth-order valence-electron chi connectivity index (χ4n) is 3.45. The van der Waals surface area contributed by atoms with Crippen molar-refractivity contribution in [3.8, 4) is 0 Å². The van der Waals surface area contributed by atoms with Crippen molar-refractivity contribution in [2.75, 3.05) is 12.3 Å². The van der Waals surface area contributed by atoms with Crippen LogP contribution in [0.5, 0.6) is 0 Å². The van der Waals surface area contributed by atoms with E-state index in [1.165, 1.54) is 18.4 Å². The number of nitrogens with one attached hydrogen (secondary N) is 1. The molecule has 3 N–H and O–H groups in total. The molecule has 24 heavy (non-hydrogen) atoms. The van der Waals surface area contributed by atoms with Crippen LogP contribution in [0.15, 0.2) is 42.9 Å². The van der Waals surface area contributed by atoms with Crippen LogP contribution in [-0.2, 0) is 6.54 Å². The first-order chi connectivity index (χ1) is 11.7. The quantitative estimate of drug-likeness (QED) is 0.606. The smallest absolute Gasteiger partial charge is 0.146 e. The lowest BCUT2D eigenvalue weighted by Crippen LogP contribution is -2.34. The van der Waals surface area contributed by atoms with Crippen LogP contribution in [0.25, 0.3) is 11.0 Å². The molecular weight excluding hydrogens is 413 g/mol. The summed E-state index contributed by atoms with van der Waals surface area (Å²) in [6, 6.07) is 11.1. The molecule has 1 aliphatic rings. The first kappa shape index (κ1) is 15.8. The average Bonchev–Trinajstić information content (AvgIpc) is 2.88. The lowest BCUT2D eigenvalue weighted by atomic mass is 9.80. The Labute approximate surface area is 154 Å². The number of nitrogens with zero attached hydrogens (tertiary/aromatic N) is 3. The zero-order chi connectivity index (χ0) is 16.5. The summed E-state index contributed by atoms with van der Waals surface area (Å²) in [5.74, 6) is 1.30. The molecule has 2 aromatic heterocycles. The van der Waals surface area contributed by atoms with E-state index in [1.54, 1.807) is 6.33 Å². The fourth-order valence-corrected chi connectivity index (χ4v) is 4.27. The monoisotopic (exact) mass is 433 g/mol. The number of halogens is 1. The summed E-state index contributed by atoms with van der Waals surface area (Å²) in [5, 5.41) is 4.56. The van der Waals surface area contributed by atoms with Gasteiger partial charge in [0.25, 0.3) is 0 Å². The van der Waals surface area contributed by atoms with Crippen LogP contribution in [0.1, 0.15) is 24.4 Å². The second kappa shape index (κ2) is 6.68. The van der Waals surface area contributed by atoms with Gasteiger partial charge in [0.2, 0.25) is 0 Å². The molecule has 4 rings (SSSR count). The van der Waals surface area contributed by atoms with Crippen LogP contribution >= 0.6 is 22.6 Å². The SMILES string of the molecule is Nc1ncnc2c1c(I)cn2C1CC(CNCc2ccccc2)C1. The number of nitrogen functional groups attached to an aromatic ring is 1. The van der Waals surface area contributed by atoms with Gasteiger partial charge in [-0.1, -0.05) is 30.3 Å². The van der Waals surface area contributed by atoms with E-state index in [9.17, 15) is 0 Å². The Bertz CT molecular complexity index is 839. The molecule has 1 saturated carbocycles. The van der Waals surface area contributed by atoms with Crippen LogP contribution in [0.4, 0.5) is 5.82 Å². The molecule has 1 aliphatic carbocycles. The van der Waals surface area contributed by atoms with Gasteiger partial charge in [-0.25, -0.2) is 9.97 Å². The van der Waals surface area contributed by atoms with E-state index in [1.807, 2.05) is 0 Å². The van der Waals surface area contributed by atoms with Gasteiger partial charge in [0.15, 0.2) is 0 Å². The van der Waals surface area contributed by atoms with E-state index < -0.39 is 0 Å². The maximum Gasteiger partial charge on any atom is 0.146 e. The van der Waals surface area contributed by atoms with Gasteiger partial charge in [0, 0.05) is 22.4 Å². The van der Waals surface area contributed by atoms with Crippen molar-refractivity contribution in [2.45, 2.75) is 25.4 Å². The zero-order valence-electron chi connectivity index (χ0n) is 13.3. The van der Waals surface area contributed by atoms with Crippen molar-refractivity contribution >= 4 is 39.4 Å². The number of fused-ring (bicyclic) bond motifs is 1. The minimum atomic E-state index is 0.522. The molecule has 3 aromatic rings. The minimum Gasteiger partial charge on any atom is -0.383 e. The highest BCUT2D eigenvalue weighted by atomic mass is 127. The van der Waals surface area contributed by atoms with E-state index >= 15 is 0 Å². The predicted octanol–water partition coefficient (Wildman–Crippen LogP) is 3.36. The summed E-state index contributed by atoms with van der Waals surface area (Å²) in [6.07, 6.45) is 6.09. The first-order valence-corrected chi connectivity index (χ1v) is 9.31. The molecular formula is C18H20IN5. The second-order valence-electron chi connectivity index (χ2n) is 6.45. The van der Waals surface area contributed by atoms with Crippen molar-refractivity contribution in [1.29, 1.82) is 0 Å². The average molecular weight is 433 g/mol. The van der Waals surface area contributed by atoms with Crippen LogP contribution in [-0.4, -0.2) is 21.1 Å². The van der Waals surface area contributed by atoms with Crippen LogP contribution in [0.3, 0.4) is 0 Å². The minimum absolute atomic E-state index is 0.522. The van der Waals surface area contributed by atoms with E-state index in [0.717, 1.165) is 33.6 Å². The summed E-state index contributed by atoms with van der Waals surface area (Å²) < 4.78 is 3.41. The van der Waals surface area contributed by atoms with Crippen LogP contribution in [0, 0.1) is 9.49 Å². The van der Waals surface area contributed by atoms with Crippen LogP contribution < -0.4 is 11.1 Å². The molecule has 0 saturated heterocycles. The highest BCUT2D eigenvalue weighted by Gasteiger charge is 2.31. The van der Waals surface area contributed by atoms with E-state index in [0.29, 0.717) is 11.9 Å². The van der Waals surface area contributed by atoms with Gasteiger partial charge < -0.3 is 15.6 Å². The van der Waals surface area contributed by atoms with E-state index in [4.69, 9.17) is 5.73 Å². The Morgan fingerprint density at radius 3 is 2.79 bits per heavy atom. The number of rotatable bonds is 5. The molecule has 0 spiro atoms. The Morgan fingerprint density at radius 1 is 1.21 bits per heavy atom. The highest BCUT2D eigenvalue weighted by Crippen LogP contribution is 2.40. The predicted molar refractivity (Wildman–Crippen MR) is 105 cm³/mol. The van der Waals surface area contributed by atoms with Gasteiger partial charge in [0.1, 0.15) is 17.8 Å². The Balaban J connectivity index is 1.35. The third-order valence-electron chi connectivity index (χ3n) is 4.80. The van der Waals surface area contributed by atoms with E-state index in [2.05, 4.69) is 79.0 Å². The van der Waals surface area contributed by atoms with Crippen molar-refractivity contribution in [3.05, 3.63) is 52.0 Å². The zero-order valence-corrected chi connectivity index (χ0v) is 15.5. The van der Waals surface area contributed by atoms with Gasteiger partial charge >= 0.3 is 0 Å². The van der Waals surface area contributed by atoms with Crippen LogP contribution in [0.2, 0.25) is 0 Å². The third kappa shape index (κ3) is 3.00. The maximum absolute atomic E-state index is 6.00. The largest absolute Gasteiger partial charge is 0.383 e. The molecule has 5 nitrogen and oxygen atoms in total. The molecule has 0 amide bonds. The number of nitrogens with two attached hydrogens (primary N) is 1. The number of benzene rings is 1. The molecule has 0 aliphatic heterocycles. The molecule has 0 radical (unpaired) electrons. The topological polar surface area (TPSA) is 68.8 Å². The Hall–Kier alpha value is -1.67. The summed E-state index contributed by atoms with van der Waals surface area (Å²) in [5.41, 5.74) is 8.30. The number of hydrogen-bond acceptors (Lipinski definition) is 4. The summed E-state index contributed by atoms with van der Waals surface area (Å²) in [4.78, 5) is 8.55. The summed E-state index contributed by atoms with van der Waals surface area (Å²) in [6.45, 7) is 2.01. The molecule has 1 aromatic carbocycles. The number of aromatic nitrogens is 3. The highest BCUT2D eigenvalue weighted by molar-refractivity contribution is 14.1. The lowest BCUT2D eigenvalue weighted by molar-refractivity contribution is 0.196.